The van der Waals surface area contributed by atoms with Crippen molar-refractivity contribution in [2.75, 3.05) is 7.11 Å². The summed E-state index contributed by atoms with van der Waals surface area (Å²) in [5, 5.41) is -0.529. The third-order valence-corrected chi connectivity index (χ3v) is 4.72. The van der Waals surface area contributed by atoms with Gasteiger partial charge < -0.3 is 10.5 Å². The van der Waals surface area contributed by atoms with Crippen molar-refractivity contribution in [2.24, 2.45) is 5.73 Å². The number of benzene rings is 1. The van der Waals surface area contributed by atoms with Crippen molar-refractivity contribution in [3.05, 3.63) is 29.8 Å². The predicted octanol–water partition coefficient (Wildman–Crippen LogP) is 0.814. The standard InChI is InChI=1S/C14H19NO4S/c1-9(16)10(2)20(18)12-6-4-11(5-7-12)8-13(15)14(17)19-3/h4-7,10,13H,8,15H2,1-3H3. The molecule has 6 heteroatoms. The van der Waals surface area contributed by atoms with Crippen LogP contribution in [-0.2, 0) is 31.5 Å². The van der Waals surface area contributed by atoms with E-state index in [2.05, 4.69) is 4.74 Å². The lowest BCUT2D eigenvalue weighted by Crippen LogP contribution is -2.33. The monoisotopic (exact) mass is 297 g/mol. The normalized spacial score (nSPS) is 15.2. The average Bonchev–Trinajstić information content (AvgIpc) is 2.45. The number of Topliss-reactive ketones (excluding diaryl/α,β-unsaturated/α-hetero) is 1. The van der Waals surface area contributed by atoms with Gasteiger partial charge in [-0.25, -0.2) is 0 Å². The first kappa shape index (κ1) is 16.5. The van der Waals surface area contributed by atoms with E-state index < -0.39 is 28.1 Å². The Morgan fingerprint density at radius 1 is 1.30 bits per heavy atom. The summed E-state index contributed by atoms with van der Waals surface area (Å²) in [4.78, 5) is 23.0. The predicted molar refractivity (Wildman–Crippen MR) is 76.7 cm³/mol. The molecular formula is C14H19NO4S. The zero-order valence-corrected chi connectivity index (χ0v) is 12.6. The van der Waals surface area contributed by atoms with Crippen LogP contribution >= 0.6 is 0 Å². The van der Waals surface area contributed by atoms with Gasteiger partial charge in [-0.05, 0) is 38.0 Å². The Hall–Kier alpha value is -1.53. The minimum atomic E-state index is -1.36. The molecule has 0 amide bonds. The molecule has 0 saturated carbocycles. The molecule has 5 nitrogen and oxygen atoms in total. The van der Waals surface area contributed by atoms with Crippen LogP contribution in [-0.4, -0.2) is 34.4 Å². The smallest absolute Gasteiger partial charge is 0.322 e. The number of rotatable bonds is 6. The van der Waals surface area contributed by atoms with Crippen LogP contribution < -0.4 is 5.73 Å². The number of esters is 1. The van der Waals surface area contributed by atoms with Crippen molar-refractivity contribution < 1.29 is 18.5 Å². The number of hydrogen-bond acceptors (Lipinski definition) is 5. The molecule has 2 N–H and O–H groups in total. The highest BCUT2D eigenvalue weighted by Crippen LogP contribution is 2.14. The summed E-state index contributed by atoms with van der Waals surface area (Å²) in [6, 6.07) is 6.17. The van der Waals surface area contributed by atoms with Gasteiger partial charge in [0.2, 0.25) is 0 Å². The van der Waals surface area contributed by atoms with Gasteiger partial charge in [0.05, 0.1) is 23.2 Å². The number of hydrogen-bond donors (Lipinski definition) is 1. The van der Waals surface area contributed by atoms with Crippen LogP contribution in [0, 0.1) is 0 Å². The number of methoxy groups -OCH3 is 1. The molecule has 0 saturated heterocycles. The van der Waals surface area contributed by atoms with Crippen LogP contribution in [0.1, 0.15) is 19.4 Å². The lowest BCUT2D eigenvalue weighted by atomic mass is 10.1. The quantitative estimate of drug-likeness (QED) is 0.785. The van der Waals surface area contributed by atoms with Gasteiger partial charge in [0.15, 0.2) is 0 Å². The van der Waals surface area contributed by atoms with Gasteiger partial charge in [0.1, 0.15) is 11.8 Å². The van der Waals surface area contributed by atoms with Gasteiger partial charge in [0, 0.05) is 4.90 Å². The van der Waals surface area contributed by atoms with Gasteiger partial charge in [-0.1, -0.05) is 12.1 Å². The fourth-order valence-corrected chi connectivity index (χ4v) is 2.72. The second-order valence-corrected chi connectivity index (χ2v) is 6.30. The van der Waals surface area contributed by atoms with Crippen LogP contribution in [0.4, 0.5) is 0 Å². The molecule has 0 heterocycles. The molecule has 0 aliphatic carbocycles. The maximum atomic E-state index is 12.1. The van der Waals surface area contributed by atoms with Gasteiger partial charge in [-0.3, -0.25) is 13.8 Å². The first-order valence-electron chi connectivity index (χ1n) is 6.20. The molecule has 3 atom stereocenters. The second-order valence-electron chi connectivity index (χ2n) is 4.53. The topological polar surface area (TPSA) is 86.5 Å². The number of ether oxygens (including phenoxy) is 1. The first-order valence-corrected chi connectivity index (χ1v) is 7.41. The first-order chi connectivity index (χ1) is 9.36. The summed E-state index contributed by atoms with van der Waals surface area (Å²) in [6.07, 6.45) is 0.349. The van der Waals surface area contributed by atoms with Gasteiger partial charge in [-0.2, -0.15) is 0 Å². The largest absolute Gasteiger partial charge is 0.468 e. The minimum Gasteiger partial charge on any atom is -0.468 e. The summed E-state index contributed by atoms with van der Waals surface area (Å²) in [5.74, 6) is -0.581. The summed E-state index contributed by atoms with van der Waals surface area (Å²) >= 11 is 0. The van der Waals surface area contributed by atoms with Crippen LogP contribution in [0.15, 0.2) is 29.2 Å². The maximum Gasteiger partial charge on any atom is 0.322 e. The van der Waals surface area contributed by atoms with Crippen LogP contribution in [0.5, 0.6) is 0 Å². The molecule has 0 radical (unpaired) electrons. The van der Waals surface area contributed by atoms with E-state index >= 15 is 0 Å². The Morgan fingerprint density at radius 3 is 2.30 bits per heavy atom. The Kier molecular flexibility index (Phi) is 6.04. The van der Waals surface area contributed by atoms with Crippen LogP contribution in [0.25, 0.3) is 0 Å². The third kappa shape index (κ3) is 4.25. The van der Waals surface area contributed by atoms with E-state index in [1.54, 1.807) is 31.2 Å². The number of carbonyl (C=O) groups excluding carboxylic acids is 2. The van der Waals surface area contributed by atoms with Crippen LogP contribution in [0.3, 0.4) is 0 Å². The molecule has 3 unspecified atom stereocenters. The molecule has 0 bridgehead atoms. The van der Waals surface area contributed by atoms with E-state index in [1.165, 1.54) is 14.0 Å². The molecule has 0 fully saturated rings. The summed E-state index contributed by atoms with van der Waals surface area (Å²) < 4.78 is 16.6. The van der Waals surface area contributed by atoms with E-state index in [9.17, 15) is 13.8 Å². The van der Waals surface area contributed by atoms with Crippen molar-refractivity contribution >= 4 is 22.6 Å². The minimum absolute atomic E-state index is 0.111. The van der Waals surface area contributed by atoms with E-state index in [-0.39, 0.29) is 5.78 Å². The van der Waals surface area contributed by atoms with E-state index in [0.29, 0.717) is 11.3 Å². The molecule has 0 aromatic heterocycles. The van der Waals surface area contributed by atoms with Gasteiger partial charge >= 0.3 is 5.97 Å². The lowest BCUT2D eigenvalue weighted by Gasteiger charge is -2.11. The van der Waals surface area contributed by atoms with E-state index in [1.807, 2.05) is 0 Å². The van der Waals surface area contributed by atoms with Crippen molar-refractivity contribution in [3.8, 4) is 0 Å². The van der Waals surface area contributed by atoms with Crippen molar-refractivity contribution in [1.82, 2.24) is 0 Å². The molecule has 1 rings (SSSR count). The average molecular weight is 297 g/mol. The molecule has 1 aromatic rings. The number of carbonyl (C=O) groups is 2. The van der Waals surface area contributed by atoms with Crippen molar-refractivity contribution in [3.63, 3.8) is 0 Å². The Morgan fingerprint density at radius 2 is 1.85 bits per heavy atom. The summed E-state index contributed by atoms with van der Waals surface area (Å²) in [6.45, 7) is 3.06. The van der Waals surface area contributed by atoms with E-state index in [0.717, 1.165) is 5.56 Å². The Balaban J connectivity index is 2.76. The molecule has 0 aliphatic heterocycles. The SMILES string of the molecule is COC(=O)C(N)Cc1ccc(S(=O)C(C)C(C)=O)cc1. The second kappa shape index (κ2) is 7.31. The Labute approximate surface area is 121 Å². The molecule has 0 aliphatic rings. The fourth-order valence-electron chi connectivity index (χ4n) is 1.60. The zero-order chi connectivity index (χ0) is 15.3. The molecule has 0 spiro atoms. The number of ketones is 1. The molecule has 110 valence electrons. The number of nitrogens with two attached hydrogens (primary N) is 1. The molecule has 1 aromatic carbocycles. The van der Waals surface area contributed by atoms with Gasteiger partial charge in [-0.15, -0.1) is 0 Å². The van der Waals surface area contributed by atoms with E-state index in [4.69, 9.17) is 5.73 Å². The van der Waals surface area contributed by atoms with Crippen molar-refractivity contribution in [1.29, 1.82) is 0 Å². The van der Waals surface area contributed by atoms with Crippen LogP contribution in [0.2, 0.25) is 0 Å². The summed E-state index contributed by atoms with van der Waals surface area (Å²) in [7, 11) is -0.0728. The van der Waals surface area contributed by atoms with Gasteiger partial charge in [0.25, 0.3) is 0 Å². The molecular weight excluding hydrogens is 278 g/mol. The highest BCUT2D eigenvalue weighted by atomic mass is 32.2. The highest BCUT2D eigenvalue weighted by Gasteiger charge is 2.18. The fraction of sp³-hybridized carbons (Fsp3) is 0.429. The Bertz CT molecular complexity index is 512. The molecule has 20 heavy (non-hydrogen) atoms. The zero-order valence-electron chi connectivity index (χ0n) is 11.8. The lowest BCUT2D eigenvalue weighted by molar-refractivity contribution is -0.142. The van der Waals surface area contributed by atoms with Crippen molar-refractivity contribution in [2.45, 2.75) is 36.5 Å². The highest BCUT2D eigenvalue weighted by molar-refractivity contribution is 7.86. The summed E-state index contributed by atoms with van der Waals surface area (Å²) in [5.41, 5.74) is 6.51. The third-order valence-electron chi connectivity index (χ3n) is 3.01. The maximum absolute atomic E-state index is 12.1.